The lowest BCUT2D eigenvalue weighted by Gasteiger charge is -1.96. The average Bonchev–Trinajstić information content (AvgIpc) is 2.52. The van der Waals surface area contributed by atoms with Gasteiger partial charge in [0.15, 0.2) is 0 Å². The van der Waals surface area contributed by atoms with E-state index in [-0.39, 0.29) is 5.91 Å². The van der Waals surface area contributed by atoms with Gasteiger partial charge in [0.05, 0.1) is 4.88 Å². The zero-order valence-corrected chi connectivity index (χ0v) is 7.78. The van der Waals surface area contributed by atoms with Gasteiger partial charge in [-0.1, -0.05) is 0 Å². The zero-order chi connectivity index (χ0) is 8.97. The van der Waals surface area contributed by atoms with E-state index in [4.69, 9.17) is 5.73 Å². The number of thiophene rings is 1. The first-order chi connectivity index (χ1) is 5.77. The van der Waals surface area contributed by atoms with E-state index < -0.39 is 0 Å². The minimum absolute atomic E-state index is 0.0119. The first-order valence-corrected chi connectivity index (χ1v) is 4.66. The van der Waals surface area contributed by atoms with Crippen molar-refractivity contribution in [1.29, 1.82) is 0 Å². The summed E-state index contributed by atoms with van der Waals surface area (Å²) in [5.74, 6) is -0.0119. The number of hydrogen-bond acceptors (Lipinski definition) is 3. The van der Waals surface area contributed by atoms with Crippen LogP contribution in [0.5, 0.6) is 0 Å². The third-order valence-electron chi connectivity index (χ3n) is 1.42. The van der Waals surface area contributed by atoms with Crippen molar-refractivity contribution in [2.75, 3.05) is 6.54 Å². The number of hydrogen-bond donors (Lipinski definition) is 2. The summed E-state index contributed by atoms with van der Waals surface area (Å²) in [6.07, 6.45) is 0. The third-order valence-corrected chi connectivity index (χ3v) is 2.53. The Labute approximate surface area is 75.6 Å². The number of nitrogens with two attached hydrogens (primary N) is 1. The van der Waals surface area contributed by atoms with E-state index in [1.807, 2.05) is 13.0 Å². The first-order valence-electron chi connectivity index (χ1n) is 3.85. The standard InChI is InChI=1S/C8H12N2OS/c1-2-10-8(11)7-4-3-6(5-9)12-7/h3-4H,2,5,9H2,1H3,(H,10,11). The highest BCUT2D eigenvalue weighted by Crippen LogP contribution is 2.15. The molecule has 3 N–H and O–H groups in total. The fraction of sp³-hybridized carbons (Fsp3) is 0.375. The van der Waals surface area contributed by atoms with E-state index in [1.165, 1.54) is 11.3 Å². The van der Waals surface area contributed by atoms with Crippen LogP contribution in [-0.4, -0.2) is 12.5 Å². The van der Waals surface area contributed by atoms with Crippen LogP contribution in [0.4, 0.5) is 0 Å². The number of carbonyl (C=O) groups is 1. The smallest absolute Gasteiger partial charge is 0.261 e. The van der Waals surface area contributed by atoms with Crippen molar-refractivity contribution < 1.29 is 4.79 Å². The molecule has 0 atom stereocenters. The Morgan fingerprint density at radius 2 is 2.42 bits per heavy atom. The molecule has 0 aromatic carbocycles. The Bertz CT molecular complexity index is 270. The average molecular weight is 184 g/mol. The third kappa shape index (κ3) is 2.06. The van der Waals surface area contributed by atoms with Crippen LogP contribution in [0.15, 0.2) is 12.1 Å². The summed E-state index contributed by atoms with van der Waals surface area (Å²) < 4.78 is 0. The minimum atomic E-state index is -0.0119. The molecule has 1 amide bonds. The first kappa shape index (κ1) is 9.22. The molecule has 1 heterocycles. The van der Waals surface area contributed by atoms with Crippen LogP contribution in [-0.2, 0) is 6.54 Å². The molecule has 0 unspecified atom stereocenters. The van der Waals surface area contributed by atoms with Crippen molar-refractivity contribution in [3.05, 3.63) is 21.9 Å². The lowest BCUT2D eigenvalue weighted by Crippen LogP contribution is -2.21. The molecule has 0 saturated heterocycles. The van der Waals surface area contributed by atoms with Gasteiger partial charge in [-0.05, 0) is 19.1 Å². The molecule has 66 valence electrons. The lowest BCUT2D eigenvalue weighted by molar-refractivity contribution is 0.0960. The van der Waals surface area contributed by atoms with Crippen LogP contribution < -0.4 is 11.1 Å². The normalized spacial score (nSPS) is 9.83. The van der Waals surface area contributed by atoms with Gasteiger partial charge in [-0.15, -0.1) is 11.3 Å². The molecule has 0 aliphatic rings. The molecular formula is C8H12N2OS. The van der Waals surface area contributed by atoms with E-state index in [0.29, 0.717) is 13.1 Å². The van der Waals surface area contributed by atoms with Gasteiger partial charge in [-0.3, -0.25) is 4.79 Å². The maximum Gasteiger partial charge on any atom is 0.261 e. The van der Waals surface area contributed by atoms with Crippen molar-refractivity contribution in [1.82, 2.24) is 5.32 Å². The Morgan fingerprint density at radius 1 is 1.67 bits per heavy atom. The molecule has 0 aliphatic heterocycles. The van der Waals surface area contributed by atoms with Gasteiger partial charge in [0.2, 0.25) is 0 Å². The number of nitrogens with one attached hydrogen (secondary N) is 1. The molecule has 1 aromatic rings. The predicted octanol–water partition coefficient (Wildman–Crippen LogP) is 0.957. The van der Waals surface area contributed by atoms with Crippen LogP contribution in [0.25, 0.3) is 0 Å². The molecule has 0 bridgehead atoms. The molecule has 0 fully saturated rings. The maximum atomic E-state index is 11.2. The van der Waals surface area contributed by atoms with Crippen molar-refractivity contribution in [2.45, 2.75) is 13.5 Å². The molecule has 0 aliphatic carbocycles. The molecule has 0 radical (unpaired) electrons. The molecule has 12 heavy (non-hydrogen) atoms. The number of carbonyl (C=O) groups excluding carboxylic acids is 1. The Hall–Kier alpha value is -0.870. The van der Waals surface area contributed by atoms with Crippen LogP contribution in [0, 0.1) is 0 Å². The molecule has 1 aromatic heterocycles. The summed E-state index contributed by atoms with van der Waals surface area (Å²) in [5.41, 5.74) is 5.42. The van der Waals surface area contributed by atoms with E-state index in [2.05, 4.69) is 5.32 Å². The van der Waals surface area contributed by atoms with Crippen LogP contribution >= 0.6 is 11.3 Å². The largest absolute Gasteiger partial charge is 0.352 e. The Morgan fingerprint density at radius 3 is 2.92 bits per heavy atom. The summed E-state index contributed by atoms with van der Waals surface area (Å²) in [6.45, 7) is 3.06. The maximum absolute atomic E-state index is 11.2. The molecule has 4 heteroatoms. The fourth-order valence-corrected chi connectivity index (χ4v) is 1.66. The fourth-order valence-electron chi connectivity index (χ4n) is 0.857. The second kappa shape index (κ2) is 4.23. The second-order valence-corrected chi connectivity index (χ2v) is 3.50. The monoisotopic (exact) mass is 184 g/mol. The summed E-state index contributed by atoms with van der Waals surface area (Å²) >= 11 is 1.44. The molecule has 0 spiro atoms. The topological polar surface area (TPSA) is 55.1 Å². The molecule has 1 rings (SSSR count). The lowest BCUT2D eigenvalue weighted by atomic mass is 10.4. The van der Waals surface area contributed by atoms with Gasteiger partial charge < -0.3 is 11.1 Å². The van der Waals surface area contributed by atoms with Crippen LogP contribution in [0.3, 0.4) is 0 Å². The highest BCUT2D eigenvalue weighted by molar-refractivity contribution is 7.14. The number of amides is 1. The highest BCUT2D eigenvalue weighted by atomic mass is 32.1. The summed E-state index contributed by atoms with van der Waals surface area (Å²) in [5, 5.41) is 2.73. The van der Waals surface area contributed by atoms with Gasteiger partial charge in [0.1, 0.15) is 0 Å². The van der Waals surface area contributed by atoms with E-state index in [9.17, 15) is 4.79 Å². The van der Waals surface area contributed by atoms with E-state index >= 15 is 0 Å². The summed E-state index contributed by atoms with van der Waals surface area (Å²) in [6, 6.07) is 3.69. The van der Waals surface area contributed by atoms with E-state index in [1.54, 1.807) is 6.07 Å². The summed E-state index contributed by atoms with van der Waals surface area (Å²) in [7, 11) is 0. The minimum Gasteiger partial charge on any atom is -0.352 e. The zero-order valence-electron chi connectivity index (χ0n) is 6.96. The Balaban J connectivity index is 2.68. The van der Waals surface area contributed by atoms with Gasteiger partial charge in [-0.2, -0.15) is 0 Å². The Kier molecular flexibility index (Phi) is 3.25. The molecule has 3 nitrogen and oxygen atoms in total. The predicted molar refractivity (Wildman–Crippen MR) is 50.2 cm³/mol. The van der Waals surface area contributed by atoms with Crippen LogP contribution in [0.2, 0.25) is 0 Å². The molecular weight excluding hydrogens is 172 g/mol. The molecule has 0 saturated carbocycles. The number of rotatable bonds is 3. The van der Waals surface area contributed by atoms with Crippen molar-refractivity contribution in [3.8, 4) is 0 Å². The van der Waals surface area contributed by atoms with E-state index in [0.717, 1.165) is 9.75 Å². The summed E-state index contributed by atoms with van der Waals surface area (Å²) in [4.78, 5) is 13.0. The van der Waals surface area contributed by atoms with Crippen molar-refractivity contribution in [3.63, 3.8) is 0 Å². The van der Waals surface area contributed by atoms with Gasteiger partial charge >= 0.3 is 0 Å². The van der Waals surface area contributed by atoms with Gasteiger partial charge in [0.25, 0.3) is 5.91 Å². The quantitative estimate of drug-likeness (QED) is 0.735. The van der Waals surface area contributed by atoms with Gasteiger partial charge in [-0.25, -0.2) is 0 Å². The highest BCUT2D eigenvalue weighted by Gasteiger charge is 2.06. The second-order valence-electron chi connectivity index (χ2n) is 2.33. The SMILES string of the molecule is CCNC(=O)c1ccc(CN)s1. The van der Waals surface area contributed by atoms with Crippen molar-refractivity contribution in [2.24, 2.45) is 5.73 Å². The van der Waals surface area contributed by atoms with Crippen molar-refractivity contribution >= 4 is 17.2 Å². The van der Waals surface area contributed by atoms with Crippen LogP contribution in [0.1, 0.15) is 21.5 Å². The van der Waals surface area contributed by atoms with Gasteiger partial charge in [0, 0.05) is 18.0 Å².